The number of para-hydroxylation sites is 2. The summed E-state index contributed by atoms with van der Waals surface area (Å²) in [5.41, 5.74) is 15.9. The Labute approximate surface area is 356 Å². The van der Waals surface area contributed by atoms with Crippen molar-refractivity contribution in [2.45, 2.75) is 0 Å². The van der Waals surface area contributed by atoms with Gasteiger partial charge < -0.3 is 4.40 Å². The molecule has 0 aliphatic rings. The smallest absolute Gasteiger partial charge is 0.160 e. The molecule has 0 amide bonds. The van der Waals surface area contributed by atoms with E-state index in [1.54, 1.807) is 0 Å². The minimum atomic E-state index is 0.669. The van der Waals surface area contributed by atoms with Crippen LogP contribution in [0.15, 0.2) is 212 Å². The zero-order valence-electron chi connectivity index (χ0n) is 33.4. The number of nitrogens with zero attached hydrogens (tertiary/aromatic N) is 5. The minimum Gasteiger partial charge on any atom is -0.308 e. The third-order valence-electron chi connectivity index (χ3n) is 12.5. The lowest BCUT2D eigenvalue weighted by Gasteiger charge is -2.11. The summed E-state index contributed by atoms with van der Waals surface area (Å²) in [6, 6.07) is 75.3. The first-order valence-electron chi connectivity index (χ1n) is 21.0. The molecule has 0 saturated heterocycles. The van der Waals surface area contributed by atoms with E-state index in [2.05, 4.69) is 215 Å². The predicted molar refractivity (Wildman–Crippen MR) is 256 cm³/mol. The van der Waals surface area contributed by atoms with Gasteiger partial charge in [0, 0.05) is 60.3 Å². The van der Waals surface area contributed by atoms with E-state index in [-0.39, 0.29) is 0 Å². The molecule has 0 unspecified atom stereocenters. The molecule has 13 rings (SSSR count). The molecule has 5 heteroatoms. The zero-order valence-corrected chi connectivity index (χ0v) is 33.4. The second-order valence-electron chi connectivity index (χ2n) is 16.0. The lowest BCUT2D eigenvalue weighted by atomic mass is 9.96. The number of fused-ring (bicyclic) bond motifs is 9. The van der Waals surface area contributed by atoms with Gasteiger partial charge >= 0.3 is 0 Å². The van der Waals surface area contributed by atoms with Gasteiger partial charge in [-0.25, -0.2) is 14.5 Å². The van der Waals surface area contributed by atoms with Crippen LogP contribution < -0.4 is 0 Å². The Bertz CT molecular complexity index is 3750. The third kappa shape index (κ3) is 5.25. The Morgan fingerprint density at radius 1 is 0.339 bits per heavy atom. The molecule has 5 heterocycles. The van der Waals surface area contributed by atoms with Crippen LogP contribution in [0.1, 0.15) is 0 Å². The molecule has 5 aromatic heterocycles. The predicted octanol–water partition coefficient (Wildman–Crippen LogP) is 14.4. The summed E-state index contributed by atoms with van der Waals surface area (Å²) >= 11 is 0. The van der Waals surface area contributed by atoms with Gasteiger partial charge in [-0.3, -0.25) is 0 Å². The van der Waals surface area contributed by atoms with Crippen LogP contribution in [0, 0.1) is 0 Å². The van der Waals surface area contributed by atoms with Crippen LogP contribution in [0.25, 0.3) is 122 Å². The second-order valence-corrected chi connectivity index (χ2v) is 16.0. The molecule has 0 spiro atoms. The summed E-state index contributed by atoms with van der Waals surface area (Å²) in [5, 5.41) is 12.7. The molecule has 0 N–H and O–H groups in total. The van der Waals surface area contributed by atoms with Crippen LogP contribution in [0.5, 0.6) is 0 Å². The average molecular weight is 790 g/mol. The zero-order chi connectivity index (χ0) is 40.7. The van der Waals surface area contributed by atoms with Gasteiger partial charge in [-0.05, 0) is 47.3 Å². The maximum Gasteiger partial charge on any atom is 0.160 e. The molecule has 0 atom stereocenters. The first kappa shape index (κ1) is 34.5. The summed E-state index contributed by atoms with van der Waals surface area (Å²) in [5.74, 6) is 0.669. The van der Waals surface area contributed by atoms with Crippen molar-refractivity contribution in [3.05, 3.63) is 212 Å². The Hall–Kier alpha value is -8.41. The van der Waals surface area contributed by atoms with Crippen molar-refractivity contribution in [3.8, 4) is 67.5 Å². The van der Waals surface area contributed by atoms with E-state index in [9.17, 15) is 0 Å². The van der Waals surface area contributed by atoms with Crippen LogP contribution >= 0.6 is 0 Å². The summed E-state index contributed by atoms with van der Waals surface area (Å²) in [6.07, 6.45) is 0. The van der Waals surface area contributed by atoms with Crippen molar-refractivity contribution in [1.29, 1.82) is 0 Å². The van der Waals surface area contributed by atoms with E-state index < -0.39 is 0 Å². The Morgan fingerprint density at radius 3 is 1.50 bits per heavy atom. The van der Waals surface area contributed by atoms with Crippen molar-refractivity contribution in [3.63, 3.8) is 0 Å². The maximum atomic E-state index is 5.46. The van der Waals surface area contributed by atoms with Crippen molar-refractivity contribution in [2.75, 3.05) is 0 Å². The molecule has 0 bridgehead atoms. The Morgan fingerprint density at radius 2 is 0.855 bits per heavy atom. The van der Waals surface area contributed by atoms with E-state index in [0.717, 1.165) is 72.6 Å². The number of aromatic nitrogens is 5. The van der Waals surface area contributed by atoms with Gasteiger partial charge in [0.05, 0.1) is 39.1 Å². The highest BCUT2D eigenvalue weighted by atomic mass is 15.2. The van der Waals surface area contributed by atoms with Gasteiger partial charge in [0.15, 0.2) is 5.82 Å². The number of benzene rings is 8. The van der Waals surface area contributed by atoms with Gasteiger partial charge in [-0.2, -0.15) is 5.10 Å². The molecule has 13 aromatic rings. The molecular weight excluding hydrogens is 755 g/mol. The fourth-order valence-electron chi connectivity index (χ4n) is 9.64. The summed E-state index contributed by atoms with van der Waals surface area (Å²) in [4.78, 5) is 10.6. The van der Waals surface area contributed by atoms with Crippen LogP contribution in [-0.2, 0) is 0 Å². The fourth-order valence-corrected chi connectivity index (χ4v) is 9.64. The normalized spacial score (nSPS) is 11.9. The van der Waals surface area contributed by atoms with E-state index in [4.69, 9.17) is 15.1 Å². The highest BCUT2D eigenvalue weighted by Crippen LogP contribution is 2.43. The first-order valence-corrected chi connectivity index (χ1v) is 21.0. The van der Waals surface area contributed by atoms with Crippen molar-refractivity contribution < 1.29 is 0 Å². The van der Waals surface area contributed by atoms with Gasteiger partial charge in [-0.1, -0.05) is 176 Å². The standard InChI is InChI=1S/C57H35N5/c1-4-16-36(17-5-1)48-35-49(42-32-46-44-24-12-14-26-50(44)61-51-27-15-13-25-45(51)47(33-42)55(46)61)59-57(58-48)40-30-28-39(29-31-40)54-53(38-20-8-3-9-21-38)56-43-23-11-10-22-41(43)34-52(62(56)60-54)37-18-6-2-7-19-37/h1-35H. The first-order chi connectivity index (χ1) is 30.7. The number of hydrogen-bond donors (Lipinski definition) is 0. The maximum absolute atomic E-state index is 5.46. The molecule has 5 nitrogen and oxygen atoms in total. The van der Waals surface area contributed by atoms with Crippen molar-refractivity contribution in [2.24, 2.45) is 0 Å². The fraction of sp³-hybridized carbons (Fsp3) is 0. The second kappa shape index (κ2) is 13.6. The highest BCUT2D eigenvalue weighted by molar-refractivity contribution is 6.24. The average Bonchev–Trinajstić information content (AvgIpc) is 4.03. The van der Waals surface area contributed by atoms with E-state index in [0.29, 0.717) is 5.82 Å². The van der Waals surface area contributed by atoms with Gasteiger partial charge in [-0.15, -0.1) is 0 Å². The van der Waals surface area contributed by atoms with Crippen LogP contribution in [0.2, 0.25) is 0 Å². The summed E-state index contributed by atoms with van der Waals surface area (Å²) in [7, 11) is 0. The van der Waals surface area contributed by atoms with Gasteiger partial charge in [0.25, 0.3) is 0 Å². The Kier molecular flexibility index (Phi) is 7.54. The molecular formula is C57H35N5. The lowest BCUT2D eigenvalue weighted by Crippen LogP contribution is -1.96. The summed E-state index contributed by atoms with van der Waals surface area (Å²) in [6.45, 7) is 0. The molecule has 288 valence electrons. The van der Waals surface area contributed by atoms with Crippen LogP contribution in [0.4, 0.5) is 0 Å². The van der Waals surface area contributed by atoms with Crippen molar-refractivity contribution >= 4 is 54.4 Å². The molecule has 8 aromatic carbocycles. The van der Waals surface area contributed by atoms with E-state index >= 15 is 0 Å². The van der Waals surface area contributed by atoms with Gasteiger partial charge in [0.2, 0.25) is 0 Å². The molecule has 0 aliphatic carbocycles. The topological polar surface area (TPSA) is 47.5 Å². The number of rotatable bonds is 6. The highest BCUT2D eigenvalue weighted by Gasteiger charge is 2.23. The largest absolute Gasteiger partial charge is 0.308 e. The monoisotopic (exact) mass is 789 g/mol. The minimum absolute atomic E-state index is 0.669. The van der Waals surface area contributed by atoms with E-state index in [1.807, 2.05) is 6.07 Å². The van der Waals surface area contributed by atoms with Crippen LogP contribution in [-0.4, -0.2) is 24.0 Å². The van der Waals surface area contributed by atoms with E-state index in [1.165, 1.54) is 43.5 Å². The molecule has 62 heavy (non-hydrogen) atoms. The SMILES string of the molecule is c1ccc(-c2cc(-c3cc4c5ccccc5n5c6ccccc6c(c3)c45)nc(-c3ccc(-c4nn5c(-c6ccccc6)cc6ccccc6c5c4-c4ccccc4)cc3)n2)cc1. The Balaban J connectivity index is 1.01. The number of pyridine rings is 1. The lowest BCUT2D eigenvalue weighted by molar-refractivity contribution is 0.979. The molecule has 0 fully saturated rings. The van der Waals surface area contributed by atoms with Crippen molar-refractivity contribution in [1.82, 2.24) is 24.0 Å². The summed E-state index contributed by atoms with van der Waals surface area (Å²) < 4.78 is 4.55. The third-order valence-corrected chi connectivity index (χ3v) is 12.5. The molecule has 0 saturated carbocycles. The number of hydrogen-bond acceptors (Lipinski definition) is 3. The quantitative estimate of drug-likeness (QED) is 0.169. The molecule has 0 radical (unpaired) electrons. The van der Waals surface area contributed by atoms with Gasteiger partial charge in [0.1, 0.15) is 5.69 Å². The van der Waals surface area contributed by atoms with Crippen LogP contribution in [0.3, 0.4) is 0 Å². The molecule has 0 aliphatic heterocycles.